The highest BCUT2D eigenvalue weighted by molar-refractivity contribution is 6.36. The second-order valence-electron chi connectivity index (χ2n) is 13.9. The van der Waals surface area contributed by atoms with Crippen molar-refractivity contribution in [2.45, 2.75) is 70.9 Å². The third-order valence-corrected chi connectivity index (χ3v) is 11.0. The van der Waals surface area contributed by atoms with Gasteiger partial charge in [-0.2, -0.15) is 0 Å². The standard InChI is InChI=1S/C42H46Cl2N4O3/c1-2-3-18-34(40(45)49)35(24-28-12-7-8-13-28)41(50)46-37-27-47(32-16-5-4-6-17-32)38-19-9-10-20-39(38)48(42(37)51)26-29-14-11-15-30(23-29)33-22-21-31(43)25-36(33)44/h4-6,9-11,14-17,19-23,25,28,34-35,37H,2-3,7-8,12-13,18,24,26-27H2,1H3,(H2,45,49)(H,46,50)/t34-,35+,37?/m0/s1. The molecule has 7 nitrogen and oxygen atoms in total. The van der Waals surface area contributed by atoms with Crippen molar-refractivity contribution in [3.05, 3.63) is 113 Å². The maximum atomic E-state index is 14.9. The normalized spacial score (nSPS) is 17.5. The minimum atomic E-state index is -0.898. The van der Waals surface area contributed by atoms with E-state index in [1.54, 1.807) is 17.0 Å². The molecule has 2 aliphatic rings. The Labute approximate surface area is 311 Å². The predicted octanol–water partition coefficient (Wildman–Crippen LogP) is 9.32. The van der Waals surface area contributed by atoms with Crippen LogP contribution in [-0.4, -0.2) is 30.3 Å². The van der Waals surface area contributed by atoms with Gasteiger partial charge in [0.25, 0.3) is 5.91 Å². The van der Waals surface area contributed by atoms with Crippen LogP contribution >= 0.6 is 23.2 Å². The van der Waals surface area contributed by atoms with Crippen molar-refractivity contribution >= 4 is 58.0 Å². The summed E-state index contributed by atoms with van der Waals surface area (Å²) in [5, 5.41) is 4.28. The summed E-state index contributed by atoms with van der Waals surface area (Å²) in [6, 6.07) is 30.2. The number of hydrogen-bond donors (Lipinski definition) is 2. The smallest absolute Gasteiger partial charge is 0.251 e. The van der Waals surface area contributed by atoms with Crippen molar-refractivity contribution in [3.8, 4) is 11.1 Å². The van der Waals surface area contributed by atoms with Crippen LogP contribution in [0.2, 0.25) is 10.0 Å². The number of anilines is 3. The molecule has 0 spiro atoms. The number of primary amides is 1. The number of fused-ring (bicyclic) bond motifs is 1. The molecule has 1 saturated carbocycles. The van der Waals surface area contributed by atoms with Crippen LogP contribution in [0.1, 0.15) is 63.9 Å². The number of nitrogens with two attached hydrogens (primary N) is 1. The summed E-state index contributed by atoms with van der Waals surface area (Å²) in [6.45, 7) is 2.54. The van der Waals surface area contributed by atoms with E-state index in [1.165, 1.54) is 0 Å². The molecule has 1 heterocycles. The number of rotatable bonds is 13. The number of halogens is 2. The summed E-state index contributed by atoms with van der Waals surface area (Å²) < 4.78 is 0. The number of amides is 3. The number of carbonyl (C=O) groups is 3. The molecule has 0 bridgehead atoms. The van der Waals surface area contributed by atoms with E-state index in [9.17, 15) is 14.4 Å². The van der Waals surface area contributed by atoms with Crippen molar-refractivity contribution in [1.82, 2.24) is 5.32 Å². The Hall–Kier alpha value is -4.33. The Morgan fingerprint density at radius 1 is 0.882 bits per heavy atom. The van der Waals surface area contributed by atoms with Crippen molar-refractivity contribution in [3.63, 3.8) is 0 Å². The number of nitrogens with one attached hydrogen (secondary N) is 1. The van der Waals surface area contributed by atoms with E-state index in [2.05, 4.69) is 17.1 Å². The number of unbranched alkanes of at least 4 members (excludes halogenated alkanes) is 1. The van der Waals surface area contributed by atoms with Crippen LogP contribution in [0, 0.1) is 17.8 Å². The van der Waals surface area contributed by atoms with Crippen molar-refractivity contribution < 1.29 is 14.4 Å². The molecule has 9 heteroatoms. The fraction of sp³-hybridized carbons (Fsp3) is 0.357. The zero-order valence-corrected chi connectivity index (χ0v) is 30.6. The third kappa shape index (κ3) is 8.59. The number of benzene rings is 4. The molecule has 0 radical (unpaired) electrons. The van der Waals surface area contributed by atoms with Crippen molar-refractivity contribution in [2.75, 3.05) is 16.3 Å². The Morgan fingerprint density at radius 2 is 1.61 bits per heavy atom. The molecule has 3 atom stereocenters. The average molecular weight is 726 g/mol. The molecular weight excluding hydrogens is 679 g/mol. The number of hydrogen-bond acceptors (Lipinski definition) is 4. The highest BCUT2D eigenvalue weighted by Gasteiger charge is 2.40. The van der Waals surface area contributed by atoms with Gasteiger partial charge in [0.05, 0.1) is 24.5 Å². The Bertz CT molecular complexity index is 1850. The quantitative estimate of drug-likeness (QED) is 0.144. The van der Waals surface area contributed by atoms with Gasteiger partial charge in [0.2, 0.25) is 11.8 Å². The van der Waals surface area contributed by atoms with E-state index in [0.717, 1.165) is 72.3 Å². The molecule has 1 unspecified atom stereocenters. The van der Waals surface area contributed by atoms with Gasteiger partial charge in [-0.15, -0.1) is 0 Å². The Balaban J connectivity index is 1.37. The molecule has 3 N–H and O–H groups in total. The lowest BCUT2D eigenvalue weighted by Crippen LogP contribution is -2.54. The largest absolute Gasteiger partial charge is 0.369 e. The first-order valence-corrected chi connectivity index (χ1v) is 18.9. The molecule has 6 rings (SSSR count). The monoisotopic (exact) mass is 724 g/mol. The van der Waals surface area contributed by atoms with Crippen LogP contribution in [0.4, 0.5) is 17.1 Å². The molecular formula is C42H46Cl2N4O3. The molecule has 4 aromatic rings. The maximum absolute atomic E-state index is 14.9. The van der Waals surface area contributed by atoms with Gasteiger partial charge in [-0.1, -0.05) is 123 Å². The summed E-state index contributed by atoms with van der Waals surface area (Å²) >= 11 is 12.8. The molecule has 4 aromatic carbocycles. The SMILES string of the molecule is CCCC[C@H](C(N)=O)[C@@H](CC1CCCC1)C(=O)NC1CN(c2ccccc2)c2ccccc2N(Cc2cccc(-c3ccc(Cl)cc3Cl)c2)C1=O. The fourth-order valence-electron chi connectivity index (χ4n) is 7.76. The summed E-state index contributed by atoms with van der Waals surface area (Å²) in [5.74, 6) is -1.79. The predicted molar refractivity (Wildman–Crippen MR) is 207 cm³/mol. The molecule has 266 valence electrons. The second-order valence-corrected chi connectivity index (χ2v) is 14.7. The van der Waals surface area contributed by atoms with Gasteiger partial charge in [0, 0.05) is 33.1 Å². The summed E-state index contributed by atoms with van der Waals surface area (Å²) in [4.78, 5) is 46.1. The summed E-state index contributed by atoms with van der Waals surface area (Å²) in [6.07, 6.45) is 7.17. The van der Waals surface area contributed by atoms with Gasteiger partial charge in [0.1, 0.15) is 6.04 Å². The van der Waals surface area contributed by atoms with Crippen LogP contribution in [-0.2, 0) is 20.9 Å². The van der Waals surface area contributed by atoms with E-state index in [4.69, 9.17) is 28.9 Å². The average Bonchev–Trinajstić information content (AvgIpc) is 3.62. The number of carbonyl (C=O) groups excluding carboxylic acids is 3. The lowest BCUT2D eigenvalue weighted by molar-refractivity contribution is -0.136. The Morgan fingerprint density at radius 3 is 2.31 bits per heavy atom. The molecule has 51 heavy (non-hydrogen) atoms. The third-order valence-electron chi connectivity index (χ3n) is 10.4. The first-order valence-electron chi connectivity index (χ1n) is 18.1. The topological polar surface area (TPSA) is 95.7 Å². The van der Waals surface area contributed by atoms with Crippen molar-refractivity contribution in [1.29, 1.82) is 0 Å². The van der Waals surface area contributed by atoms with Crippen molar-refractivity contribution in [2.24, 2.45) is 23.5 Å². The lowest BCUT2D eigenvalue weighted by atomic mass is 9.80. The van der Waals surface area contributed by atoms with E-state index in [1.807, 2.05) is 84.9 Å². The van der Waals surface area contributed by atoms with Gasteiger partial charge >= 0.3 is 0 Å². The molecule has 1 aliphatic heterocycles. The lowest BCUT2D eigenvalue weighted by Gasteiger charge is -2.30. The van der Waals surface area contributed by atoms with E-state index in [-0.39, 0.29) is 24.9 Å². The van der Waals surface area contributed by atoms with Crippen LogP contribution < -0.4 is 20.9 Å². The zero-order valence-electron chi connectivity index (χ0n) is 29.1. The van der Waals surface area contributed by atoms with E-state index < -0.39 is 23.8 Å². The van der Waals surface area contributed by atoms with Crippen LogP contribution in [0.15, 0.2) is 97.1 Å². The first-order chi connectivity index (χ1) is 24.7. The summed E-state index contributed by atoms with van der Waals surface area (Å²) in [5.41, 5.74) is 11.1. The van der Waals surface area contributed by atoms with Gasteiger partial charge in [-0.25, -0.2) is 0 Å². The van der Waals surface area contributed by atoms with Gasteiger partial charge in [-0.3, -0.25) is 14.4 Å². The van der Waals surface area contributed by atoms with Crippen LogP contribution in [0.3, 0.4) is 0 Å². The highest BCUT2D eigenvalue weighted by atomic mass is 35.5. The molecule has 0 saturated heterocycles. The van der Waals surface area contributed by atoms with Gasteiger partial charge < -0.3 is 20.9 Å². The summed E-state index contributed by atoms with van der Waals surface area (Å²) in [7, 11) is 0. The minimum absolute atomic E-state index is 0.217. The van der Waals surface area contributed by atoms with Crippen LogP contribution in [0.5, 0.6) is 0 Å². The first kappa shape index (κ1) is 36.5. The van der Waals surface area contributed by atoms with Gasteiger partial charge in [0.15, 0.2) is 0 Å². The minimum Gasteiger partial charge on any atom is -0.369 e. The number of nitrogens with zero attached hydrogens (tertiary/aromatic N) is 2. The fourth-order valence-corrected chi connectivity index (χ4v) is 8.27. The van der Waals surface area contributed by atoms with E-state index >= 15 is 0 Å². The molecule has 1 fully saturated rings. The molecule has 3 amide bonds. The Kier molecular flexibility index (Phi) is 12.0. The van der Waals surface area contributed by atoms with E-state index in [0.29, 0.717) is 28.8 Å². The van der Waals surface area contributed by atoms with Crippen LogP contribution in [0.25, 0.3) is 11.1 Å². The maximum Gasteiger partial charge on any atom is 0.251 e. The molecule has 1 aliphatic carbocycles. The zero-order chi connectivity index (χ0) is 35.9. The highest BCUT2D eigenvalue weighted by Crippen LogP contribution is 2.40. The molecule has 0 aromatic heterocycles. The van der Waals surface area contributed by atoms with Gasteiger partial charge in [-0.05, 0) is 72.4 Å². The number of para-hydroxylation sites is 3. The second kappa shape index (κ2) is 16.8.